The number of thioether (sulfide) groups is 1. The van der Waals surface area contributed by atoms with Crippen LogP contribution in [0.1, 0.15) is 31.9 Å². The summed E-state index contributed by atoms with van der Waals surface area (Å²) in [6, 6.07) is 4.21. The van der Waals surface area contributed by atoms with Gasteiger partial charge in [0.25, 0.3) is 0 Å². The van der Waals surface area contributed by atoms with Crippen LogP contribution in [-0.2, 0) is 10.5 Å². The van der Waals surface area contributed by atoms with Crippen LogP contribution in [-0.4, -0.2) is 30.0 Å². The van der Waals surface area contributed by atoms with E-state index in [4.69, 9.17) is 4.74 Å². The van der Waals surface area contributed by atoms with Crippen molar-refractivity contribution in [3.63, 3.8) is 0 Å². The monoisotopic (exact) mass is 266 g/mol. The summed E-state index contributed by atoms with van der Waals surface area (Å²) in [5.74, 6) is 1.01. The molecule has 1 aliphatic rings. The van der Waals surface area contributed by atoms with Crippen molar-refractivity contribution in [1.29, 1.82) is 0 Å². The number of anilines is 1. The number of hydrogen-bond donors (Lipinski definition) is 1. The fourth-order valence-electron chi connectivity index (χ4n) is 1.98. The zero-order valence-corrected chi connectivity index (χ0v) is 11.8. The molecule has 0 amide bonds. The summed E-state index contributed by atoms with van der Waals surface area (Å²) in [5, 5.41) is 4.15. The molecule has 1 aromatic rings. The van der Waals surface area contributed by atoms with E-state index in [1.54, 1.807) is 0 Å². The number of aromatic nitrogens is 1. The van der Waals surface area contributed by atoms with Crippen molar-refractivity contribution in [3.8, 4) is 0 Å². The van der Waals surface area contributed by atoms with Gasteiger partial charge in [0.15, 0.2) is 0 Å². The highest BCUT2D eigenvalue weighted by molar-refractivity contribution is 7.99. The Morgan fingerprint density at radius 2 is 2.28 bits per heavy atom. The zero-order chi connectivity index (χ0) is 12.6. The first kappa shape index (κ1) is 13.7. The van der Waals surface area contributed by atoms with Crippen molar-refractivity contribution < 1.29 is 4.74 Å². The number of nitrogens with zero attached hydrogens (tertiary/aromatic N) is 1. The van der Waals surface area contributed by atoms with Crippen LogP contribution < -0.4 is 5.32 Å². The van der Waals surface area contributed by atoms with Crippen molar-refractivity contribution in [3.05, 3.63) is 24.0 Å². The van der Waals surface area contributed by atoms with Crippen LogP contribution in [0.25, 0.3) is 0 Å². The minimum absolute atomic E-state index is 0.743. The third-order valence-electron chi connectivity index (χ3n) is 3.03. The second-order valence-electron chi connectivity index (χ2n) is 4.59. The predicted molar refractivity (Wildman–Crippen MR) is 78.2 cm³/mol. The average molecular weight is 266 g/mol. The molecule has 1 N–H and O–H groups in total. The van der Waals surface area contributed by atoms with Crippen LogP contribution in [0.4, 0.5) is 5.69 Å². The van der Waals surface area contributed by atoms with Crippen LogP contribution in [0.15, 0.2) is 18.3 Å². The van der Waals surface area contributed by atoms with E-state index in [2.05, 4.69) is 23.3 Å². The molecule has 0 bridgehead atoms. The smallest absolute Gasteiger partial charge is 0.0523 e. The predicted octanol–water partition coefficient (Wildman–Crippen LogP) is 3.32. The molecule has 0 radical (unpaired) electrons. The number of ether oxygens (including phenoxy) is 1. The summed E-state index contributed by atoms with van der Waals surface area (Å²) in [6.45, 7) is 5.04. The molecule has 0 aliphatic carbocycles. The molecular weight excluding hydrogens is 244 g/mol. The van der Waals surface area contributed by atoms with Crippen LogP contribution in [0.3, 0.4) is 0 Å². The Morgan fingerprint density at radius 3 is 3.06 bits per heavy atom. The quantitative estimate of drug-likeness (QED) is 0.856. The standard InChI is InChI=1S/C14H22N2OS/c1-2-6-15-12-3-7-16-13(10-12)11-18-14-4-8-17-9-5-14/h3,7,10,14H,2,4-6,8-9,11H2,1H3,(H,15,16). The molecule has 2 rings (SSSR count). The van der Waals surface area contributed by atoms with Crippen LogP contribution >= 0.6 is 11.8 Å². The molecule has 1 aliphatic heterocycles. The lowest BCUT2D eigenvalue weighted by molar-refractivity contribution is 0.1000. The van der Waals surface area contributed by atoms with E-state index < -0.39 is 0 Å². The summed E-state index contributed by atoms with van der Waals surface area (Å²) >= 11 is 2.01. The molecule has 18 heavy (non-hydrogen) atoms. The van der Waals surface area contributed by atoms with Gasteiger partial charge in [0.05, 0.1) is 5.69 Å². The van der Waals surface area contributed by atoms with Crippen LogP contribution in [0, 0.1) is 0 Å². The van der Waals surface area contributed by atoms with Crippen molar-refractivity contribution in [2.45, 2.75) is 37.2 Å². The third-order valence-corrected chi connectivity index (χ3v) is 4.44. The Kier molecular flexibility index (Phi) is 5.81. The fraction of sp³-hybridized carbons (Fsp3) is 0.643. The number of pyridine rings is 1. The van der Waals surface area contributed by atoms with Gasteiger partial charge in [0.2, 0.25) is 0 Å². The molecule has 4 heteroatoms. The third kappa shape index (κ3) is 4.50. The van der Waals surface area contributed by atoms with Crippen LogP contribution in [0.2, 0.25) is 0 Å². The lowest BCUT2D eigenvalue weighted by Crippen LogP contribution is -2.17. The van der Waals surface area contributed by atoms with Gasteiger partial charge in [-0.25, -0.2) is 0 Å². The van der Waals surface area contributed by atoms with Crippen LogP contribution in [0.5, 0.6) is 0 Å². The van der Waals surface area contributed by atoms with Crippen molar-refractivity contribution in [2.75, 3.05) is 25.1 Å². The van der Waals surface area contributed by atoms with Gasteiger partial charge >= 0.3 is 0 Å². The van der Waals surface area contributed by atoms with E-state index >= 15 is 0 Å². The lowest BCUT2D eigenvalue weighted by atomic mass is 10.2. The molecule has 1 aromatic heterocycles. The first-order valence-corrected chi connectivity index (χ1v) is 7.81. The second-order valence-corrected chi connectivity index (χ2v) is 5.87. The Bertz CT molecular complexity index is 353. The molecule has 0 atom stereocenters. The van der Waals surface area contributed by atoms with Crippen molar-refractivity contribution in [2.24, 2.45) is 0 Å². The average Bonchev–Trinajstić information content (AvgIpc) is 2.44. The van der Waals surface area contributed by atoms with Gasteiger partial charge in [-0.1, -0.05) is 6.92 Å². The molecule has 3 nitrogen and oxygen atoms in total. The van der Waals surface area contributed by atoms with E-state index in [1.165, 1.54) is 24.2 Å². The SMILES string of the molecule is CCCNc1ccnc(CSC2CCOCC2)c1. The van der Waals surface area contributed by atoms with Gasteiger partial charge in [-0.2, -0.15) is 11.8 Å². The highest BCUT2D eigenvalue weighted by atomic mass is 32.2. The maximum absolute atomic E-state index is 5.38. The Hall–Kier alpha value is -0.740. The maximum atomic E-state index is 5.38. The topological polar surface area (TPSA) is 34.2 Å². The number of nitrogens with one attached hydrogen (secondary N) is 1. The first-order chi connectivity index (χ1) is 8.88. The molecule has 0 unspecified atom stereocenters. The van der Waals surface area contributed by atoms with E-state index in [0.717, 1.165) is 37.2 Å². The highest BCUT2D eigenvalue weighted by Crippen LogP contribution is 2.25. The second kappa shape index (κ2) is 7.64. The van der Waals surface area contributed by atoms with Gasteiger partial charge in [-0.05, 0) is 31.4 Å². The van der Waals surface area contributed by atoms with Gasteiger partial charge in [-0.15, -0.1) is 0 Å². The molecule has 1 saturated heterocycles. The summed E-state index contributed by atoms with van der Waals surface area (Å²) in [4.78, 5) is 4.44. The number of hydrogen-bond acceptors (Lipinski definition) is 4. The minimum atomic E-state index is 0.743. The maximum Gasteiger partial charge on any atom is 0.0523 e. The van der Waals surface area contributed by atoms with E-state index in [9.17, 15) is 0 Å². The summed E-state index contributed by atoms with van der Waals surface area (Å²) in [6.07, 6.45) is 5.41. The minimum Gasteiger partial charge on any atom is -0.385 e. The van der Waals surface area contributed by atoms with E-state index in [-0.39, 0.29) is 0 Å². The Labute approximate surface area is 114 Å². The molecule has 100 valence electrons. The van der Waals surface area contributed by atoms with E-state index in [1.807, 2.05) is 24.0 Å². The Balaban J connectivity index is 1.80. The van der Waals surface area contributed by atoms with Gasteiger partial charge in [0, 0.05) is 42.6 Å². The van der Waals surface area contributed by atoms with Gasteiger partial charge in [-0.3, -0.25) is 4.98 Å². The summed E-state index contributed by atoms with van der Waals surface area (Å²) in [7, 11) is 0. The molecule has 0 spiro atoms. The first-order valence-electron chi connectivity index (χ1n) is 6.76. The molecule has 0 saturated carbocycles. The summed E-state index contributed by atoms with van der Waals surface area (Å²) in [5.41, 5.74) is 2.36. The fourth-order valence-corrected chi connectivity index (χ4v) is 3.07. The largest absolute Gasteiger partial charge is 0.385 e. The summed E-state index contributed by atoms with van der Waals surface area (Å²) < 4.78 is 5.38. The van der Waals surface area contributed by atoms with Gasteiger partial charge < -0.3 is 10.1 Å². The zero-order valence-electron chi connectivity index (χ0n) is 11.0. The lowest BCUT2D eigenvalue weighted by Gasteiger charge is -2.21. The van der Waals surface area contributed by atoms with Gasteiger partial charge in [0.1, 0.15) is 0 Å². The molecule has 0 aromatic carbocycles. The Morgan fingerprint density at radius 1 is 1.44 bits per heavy atom. The number of rotatable bonds is 6. The molecule has 1 fully saturated rings. The molecular formula is C14H22N2OS. The normalized spacial score (nSPS) is 16.7. The van der Waals surface area contributed by atoms with E-state index in [0.29, 0.717) is 0 Å². The van der Waals surface area contributed by atoms with Crippen molar-refractivity contribution >= 4 is 17.4 Å². The van der Waals surface area contributed by atoms with Crippen molar-refractivity contribution in [1.82, 2.24) is 4.98 Å². The highest BCUT2D eigenvalue weighted by Gasteiger charge is 2.14. The molecule has 2 heterocycles.